The van der Waals surface area contributed by atoms with Gasteiger partial charge in [-0.3, -0.25) is 20.0 Å². The monoisotopic (exact) mass is 367 g/mol. The zero-order chi connectivity index (χ0) is 19.2. The molecule has 3 rings (SSSR count). The molecule has 0 spiro atoms. The van der Waals surface area contributed by atoms with Crippen LogP contribution in [-0.2, 0) is 6.54 Å². The average molecular weight is 367 g/mol. The summed E-state index contributed by atoms with van der Waals surface area (Å²) < 4.78 is 5.50. The zero-order valence-electron chi connectivity index (χ0n) is 15.0. The first kappa shape index (κ1) is 18.8. The third-order valence-corrected chi connectivity index (χ3v) is 4.10. The van der Waals surface area contributed by atoms with Crippen molar-refractivity contribution in [3.63, 3.8) is 0 Å². The number of hydrogen-bond donors (Lipinski definition) is 1. The average Bonchev–Trinajstić information content (AvgIpc) is 2.66. The van der Waals surface area contributed by atoms with Gasteiger partial charge in [0.1, 0.15) is 18.5 Å². The Morgan fingerprint density at radius 2 is 1.89 bits per heavy atom. The largest absolute Gasteiger partial charge is 0.491 e. The Morgan fingerprint density at radius 3 is 2.63 bits per heavy atom. The topological polar surface area (TPSA) is 88.7 Å². The second-order valence-corrected chi connectivity index (χ2v) is 6.41. The fraction of sp³-hybridized carbons (Fsp3) is 0.250. The summed E-state index contributed by atoms with van der Waals surface area (Å²) in [5.74, 6) is 0.485. The van der Waals surface area contributed by atoms with Gasteiger partial charge in [0.05, 0.1) is 16.1 Å². The van der Waals surface area contributed by atoms with Crippen molar-refractivity contribution >= 4 is 16.6 Å². The van der Waals surface area contributed by atoms with E-state index in [9.17, 15) is 15.2 Å². The van der Waals surface area contributed by atoms with E-state index < -0.39 is 11.0 Å². The van der Waals surface area contributed by atoms with Crippen LogP contribution in [0.15, 0.2) is 60.7 Å². The molecule has 1 atom stereocenters. The molecule has 0 bridgehead atoms. The van der Waals surface area contributed by atoms with E-state index in [4.69, 9.17) is 4.74 Å². The molecule has 0 amide bonds. The first-order valence-electron chi connectivity index (χ1n) is 8.60. The van der Waals surface area contributed by atoms with Crippen LogP contribution in [0.2, 0.25) is 0 Å². The van der Waals surface area contributed by atoms with Crippen molar-refractivity contribution in [1.29, 1.82) is 0 Å². The van der Waals surface area contributed by atoms with Crippen LogP contribution in [0, 0.1) is 10.1 Å². The van der Waals surface area contributed by atoms with Gasteiger partial charge in [0.15, 0.2) is 0 Å². The molecular formula is C20H21N3O4. The fourth-order valence-electron chi connectivity index (χ4n) is 2.81. The first-order valence-corrected chi connectivity index (χ1v) is 8.60. The normalized spacial score (nSPS) is 12.3. The van der Waals surface area contributed by atoms with E-state index in [1.165, 1.54) is 24.3 Å². The number of likely N-dealkylation sites (N-methyl/N-ethyl adjacent to an activating group) is 1. The van der Waals surface area contributed by atoms with Gasteiger partial charge in [0.2, 0.25) is 0 Å². The lowest BCUT2D eigenvalue weighted by Crippen LogP contribution is -2.33. The van der Waals surface area contributed by atoms with Gasteiger partial charge < -0.3 is 9.84 Å². The van der Waals surface area contributed by atoms with Crippen LogP contribution in [-0.4, -0.2) is 46.2 Å². The van der Waals surface area contributed by atoms with E-state index in [0.29, 0.717) is 18.8 Å². The van der Waals surface area contributed by atoms with Crippen LogP contribution in [0.3, 0.4) is 0 Å². The first-order chi connectivity index (χ1) is 13.0. The number of para-hydroxylation sites is 1. The third-order valence-electron chi connectivity index (χ3n) is 4.10. The van der Waals surface area contributed by atoms with Crippen molar-refractivity contribution in [2.24, 2.45) is 0 Å². The predicted molar refractivity (Wildman–Crippen MR) is 103 cm³/mol. The molecule has 1 N–H and O–H groups in total. The lowest BCUT2D eigenvalue weighted by molar-refractivity contribution is -0.384. The molecule has 0 aliphatic carbocycles. The van der Waals surface area contributed by atoms with E-state index in [-0.39, 0.29) is 12.3 Å². The van der Waals surface area contributed by atoms with Crippen LogP contribution >= 0.6 is 0 Å². The minimum atomic E-state index is -0.689. The smallest absolute Gasteiger partial charge is 0.269 e. The number of ether oxygens (including phenoxy) is 1. The maximum Gasteiger partial charge on any atom is 0.269 e. The Balaban J connectivity index is 1.49. The molecule has 0 radical (unpaired) electrons. The van der Waals surface area contributed by atoms with Gasteiger partial charge in [-0.25, -0.2) is 0 Å². The molecule has 2 aromatic carbocycles. The molecule has 0 saturated heterocycles. The van der Waals surface area contributed by atoms with Crippen molar-refractivity contribution in [3.05, 3.63) is 76.5 Å². The van der Waals surface area contributed by atoms with E-state index in [0.717, 1.165) is 16.6 Å². The van der Waals surface area contributed by atoms with Crippen molar-refractivity contribution in [2.45, 2.75) is 12.6 Å². The van der Waals surface area contributed by atoms with Gasteiger partial charge >= 0.3 is 0 Å². The number of aliphatic hydroxyl groups is 1. The summed E-state index contributed by atoms with van der Waals surface area (Å²) in [6.07, 6.45) is -0.689. The summed E-state index contributed by atoms with van der Waals surface area (Å²) in [5.41, 5.74) is 1.88. The lowest BCUT2D eigenvalue weighted by atomic mass is 10.2. The minimum absolute atomic E-state index is 0.00511. The summed E-state index contributed by atoms with van der Waals surface area (Å²) in [6, 6.07) is 17.8. The van der Waals surface area contributed by atoms with Gasteiger partial charge in [0, 0.05) is 30.6 Å². The van der Waals surface area contributed by atoms with Crippen molar-refractivity contribution in [3.8, 4) is 5.75 Å². The Hall–Kier alpha value is -3.03. The van der Waals surface area contributed by atoms with Crippen LogP contribution in [0.4, 0.5) is 5.69 Å². The number of non-ortho nitro benzene ring substituents is 1. The molecule has 0 aliphatic heterocycles. The number of nitrogens with zero attached hydrogens (tertiary/aromatic N) is 3. The molecule has 0 aliphatic rings. The molecule has 140 valence electrons. The minimum Gasteiger partial charge on any atom is -0.491 e. The van der Waals surface area contributed by atoms with Gasteiger partial charge in [0.25, 0.3) is 5.69 Å². The number of aliphatic hydroxyl groups excluding tert-OH is 1. The predicted octanol–water partition coefficient (Wildman–Crippen LogP) is 3.01. The van der Waals surface area contributed by atoms with E-state index in [1.54, 1.807) is 0 Å². The van der Waals surface area contributed by atoms with Gasteiger partial charge in [-0.15, -0.1) is 0 Å². The maximum atomic E-state index is 10.6. The summed E-state index contributed by atoms with van der Waals surface area (Å²) in [5, 5.41) is 21.9. The van der Waals surface area contributed by atoms with Crippen LogP contribution in [0.25, 0.3) is 10.9 Å². The molecule has 27 heavy (non-hydrogen) atoms. The van der Waals surface area contributed by atoms with Gasteiger partial charge in [-0.2, -0.15) is 0 Å². The third kappa shape index (κ3) is 5.22. The highest BCUT2D eigenvalue weighted by Crippen LogP contribution is 2.17. The molecule has 1 heterocycles. The number of pyridine rings is 1. The summed E-state index contributed by atoms with van der Waals surface area (Å²) in [6.45, 7) is 1.13. The van der Waals surface area contributed by atoms with E-state index >= 15 is 0 Å². The molecule has 3 aromatic rings. The van der Waals surface area contributed by atoms with Crippen LogP contribution in [0.1, 0.15) is 5.69 Å². The number of benzene rings is 2. The van der Waals surface area contributed by atoms with E-state index in [2.05, 4.69) is 4.98 Å². The molecule has 0 fully saturated rings. The van der Waals surface area contributed by atoms with Gasteiger partial charge in [-0.1, -0.05) is 24.3 Å². The van der Waals surface area contributed by atoms with Crippen molar-refractivity contribution in [1.82, 2.24) is 9.88 Å². The Bertz CT molecular complexity index is 915. The van der Waals surface area contributed by atoms with Crippen molar-refractivity contribution in [2.75, 3.05) is 20.2 Å². The highest BCUT2D eigenvalue weighted by atomic mass is 16.6. The molecule has 7 heteroatoms. The Kier molecular flexibility index (Phi) is 5.95. The SMILES string of the molecule is CN(Cc1ccc2ccccc2n1)C[C@@H](O)COc1ccc([N+](=O)[O-])cc1. The molecule has 1 aromatic heterocycles. The summed E-state index contributed by atoms with van der Waals surface area (Å²) in [4.78, 5) is 16.8. The Morgan fingerprint density at radius 1 is 1.15 bits per heavy atom. The summed E-state index contributed by atoms with van der Waals surface area (Å²) >= 11 is 0. The van der Waals surface area contributed by atoms with Crippen LogP contribution < -0.4 is 4.74 Å². The number of hydrogen-bond acceptors (Lipinski definition) is 6. The number of fused-ring (bicyclic) bond motifs is 1. The second kappa shape index (κ2) is 8.57. The number of rotatable bonds is 8. The molecule has 0 unspecified atom stereocenters. The fourth-order valence-corrected chi connectivity index (χ4v) is 2.81. The molecule has 0 saturated carbocycles. The standard InChI is InChI=1S/C20H21N3O4/c1-22(12-16-7-6-15-4-2-3-5-20(15)21-16)13-18(24)14-27-19-10-8-17(9-11-19)23(25)26/h2-11,18,24H,12-14H2,1H3/t18-/m1/s1. The summed E-state index contributed by atoms with van der Waals surface area (Å²) in [7, 11) is 1.91. The highest BCUT2D eigenvalue weighted by molar-refractivity contribution is 5.78. The van der Waals surface area contributed by atoms with E-state index in [1.807, 2.05) is 48.3 Å². The maximum absolute atomic E-state index is 10.6. The molecular weight excluding hydrogens is 346 g/mol. The Labute approximate surface area is 157 Å². The molecule has 7 nitrogen and oxygen atoms in total. The van der Waals surface area contributed by atoms with Crippen molar-refractivity contribution < 1.29 is 14.8 Å². The lowest BCUT2D eigenvalue weighted by Gasteiger charge is -2.20. The highest BCUT2D eigenvalue weighted by Gasteiger charge is 2.11. The number of aromatic nitrogens is 1. The zero-order valence-corrected chi connectivity index (χ0v) is 15.0. The van der Waals surface area contributed by atoms with Crippen LogP contribution in [0.5, 0.6) is 5.75 Å². The number of nitro benzene ring substituents is 1. The van der Waals surface area contributed by atoms with Gasteiger partial charge in [-0.05, 0) is 31.3 Å². The quantitative estimate of drug-likeness (QED) is 0.486. The number of nitro groups is 1. The second-order valence-electron chi connectivity index (χ2n) is 6.41.